The molecule has 0 saturated carbocycles. The summed E-state index contributed by atoms with van der Waals surface area (Å²) in [6, 6.07) is 5.96. The molecule has 28 heavy (non-hydrogen) atoms. The number of ether oxygens (including phenoxy) is 3. The van der Waals surface area contributed by atoms with Gasteiger partial charge in [0, 0.05) is 13.1 Å². The Kier molecular flexibility index (Phi) is 8.10. The smallest absolute Gasteiger partial charge is 0.308 e. The summed E-state index contributed by atoms with van der Waals surface area (Å²) in [5.74, 6) is 0.411. The Labute approximate surface area is 165 Å². The number of methoxy groups -OCH3 is 1. The van der Waals surface area contributed by atoms with Crippen molar-refractivity contribution in [1.29, 1.82) is 0 Å². The second-order valence-corrected chi connectivity index (χ2v) is 6.97. The number of rotatable bonds is 9. The highest BCUT2D eigenvalue weighted by Gasteiger charge is 2.35. The first-order valence-corrected chi connectivity index (χ1v) is 9.40. The molecule has 2 amide bonds. The van der Waals surface area contributed by atoms with E-state index in [0.717, 1.165) is 6.42 Å². The Morgan fingerprint density at radius 3 is 2.54 bits per heavy atom. The summed E-state index contributed by atoms with van der Waals surface area (Å²) < 4.78 is 15.8. The Hall–Kier alpha value is -2.77. The molecule has 0 bridgehead atoms. The van der Waals surface area contributed by atoms with Gasteiger partial charge in [-0.1, -0.05) is 13.8 Å². The molecular formula is C20H28N2O6. The van der Waals surface area contributed by atoms with E-state index >= 15 is 0 Å². The lowest BCUT2D eigenvalue weighted by Gasteiger charge is -2.34. The van der Waals surface area contributed by atoms with E-state index in [-0.39, 0.29) is 24.8 Å². The number of piperazine rings is 1. The second kappa shape index (κ2) is 10.5. The number of benzene rings is 1. The first-order valence-electron chi connectivity index (χ1n) is 9.40. The Bertz CT molecular complexity index is 674. The van der Waals surface area contributed by atoms with Crippen molar-refractivity contribution in [3.8, 4) is 11.5 Å². The largest absolute Gasteiger partial charge is 0.497 e. The average molecular weight is 392 g/mol. The zero-order valence-electron chi connectivity index (χ0n) is 16.6. The highest BCUT2D eigenvalue weighted by molar-refractivity contribution is 5.92. The van der Waals surface area contributed by atoms with Crippen molar-refractivity contribution in [3.63, 3.8) is 0 Å². The summed E-state index contributed by atoms with van der Waals surface area (Å²) in [6.45, 7) is 4.81. The molecule has 0 radical (unpaired) electrons. The van der Waals surface area contributed by atoms with Crippen LogP contribution in [-0.4, -0.2) is 62.1 Å². The minimum atomic E-state index is -0.882. The number of nitrogens with one attached hydrogen (secondary N) is 1. The zero-order chi connectivity index (χ0) is 20.5. The molecule has 1 fully saturated rings. The first kappa shape index (κ1) is 21.5. The molecule has 0 spiro atoms. The van der Waals surface area contributed by atoms with Gasteiger partial charge in [-0.15, -0.1) is 0 Å². The predicted octanol–water partition coefficient (Wildman–Crippen LogP) is 1.38. The number of carbonyl (C=O) groups is 3. The van der Waals surface area contributed by atoms with Gasteiger partial charge in [0.2, 0.25) is 5.91 Å². The van der Waals surface area contributed by atoms with E-state index in [2.05, 4.69) is 5.32 Å². The highest BCUT2D eigenvalue weighted by Crippen LogP contribution is 2.18. The molecule has 1 heterocycles. The van der Waals surface area contributed by atoms with Crippen molar-refractivity contribution in [2.24, 2.45) is 5.92 Å². The quantitative estimate of drug-likeness (QED) is 0.638. The Morgan fingerprint density at radius 2 is 1.89 bits per heavy atom. The molecule has 1 aromatic rings. The van der Waals surface area contributed by atoms with Gasteiger partial charge in [0.15, 0.2) is 6.61 Å². The van der Waals surface area contributed by atoms with Crippen molar-refractivity contribution in [3.05, 3.63) is 24.3 Å². The molecule has 1 saturated heterocycles. The van der Waals surface area contributed by atoms with Crippen LogP contribution in [-0.2, 0) is 19.1 Å². The molecule has 0 aromatic heterocycles. The van der Waals surface area contributed by atoms with Crippen LogP contribution in [0.2, 0.25) is 0 Å². The van der Waals surface area contributed by atoms with Crippen molar-refractivity contribution in [2.75, 3.05) is 33.4 Å². The molecule has 1 aliphatic heterocycles. The molecule has 8 nitrogen and oxygen atoms in total. The molecule has 1 N–H and O–H groups in total. The normalized spacial score (nSPS) is 16.5. The molecule has 1 aromatic carbocycles. The predicted molar refractivity (Wildman–Crippen MR) is 102 cm³/mol. The van der Waals surface area contributed by atoms with Gasteiger partial charge in [-0.05, 0) is 36.6 Å². The monoisotopic (exact) mass is 392 g/mol. The maximum Gasteiger partial charge on any atom is 0.308 e. The lowest BCUT2D eigenvalue weighted by molar-refractivity contribution is -0.152. The van der Waals surface area contributed by atoms with E-state index in [1.54, 1.807) is 31.4 Å². The van der Waals surface area contributed by atoms with Crippen LogP contribution < -0.4 is 14.8 Å². The molecule has 1 aliphatic rings. The minimum absolute atomic E-state index is 0.168. The number of esters is 1. The molecule has 8 heteroatoms. The fourth-order valence-corrected chi connectivity index (χ4v) is 2.74. The number of amides is 2. The fraction of sp³-hybridized carbons (Fsp3) is 0.550. The molecule has 2 rings (SSSR count). The summed E-state index contributed by atoms with van der Waals surface area (Å²) in [5, 5.41) is 2.69. The van der Waals surface area contributed by atoms with Gasteiger partial charge in [-0.2, -0.15) is 0 Å². The Morgan fingerprint density at radius 1 is 1.21 bits per heavy atom. The van der Waals surface area contributed by atoms with Crippen LogP contribution in [0.15, 0.2) is 24.3 Å². The number of nitrogens with zero attached hydrogens (tertiary/aromatic N) is 1. The van der Waals surface area contributed by atoms with Gasteiger partial charge in [-0.25, -0.2) is 0 Å². The lowest BCUT2D eigenvalue weighted by Crippen LogP contribution is -2.58. The second-order valence-electron chi connectivity index (χ2n) is 6.97. The van der Waals surface area contributed by atoms with E-state index in [0.29, 0.717) is 37.1 Å². The van der Waals surface area contributed by atoms with Crippen molar-refractivity contribution in [1.82, 2.24) is 10.2 Å². The van der Waals surface area contributed by atoms with Gasteiger partial charge in [0.05, 0.1) is 20.1 Å². The topological polar surface area (TPSA) is 94.2 Å². The van der Waals surface area contributed by atoms with Crippen LogP contribution in [0.3, 0.4) is 0 Å². The molecule has 1 unspecified atom stereocenters. The zero-order valence-corrected chi connectivity index (χ0v) is 16.6. The molecule has 0 aliphatic carbocycles. The van der Waals surface area contributed by atoms with Crippen LogP contribution in [0.1, 0.15) is 26.7 Å². The van der Waals surface area contributed by atoms with E-state index in [1.165, 1.54) is 4.90 Å². The summed E-state index contributed by atoms with van der Waals surface area (Å²) in [5.41, 5.74) is 0. The van der Waals surface area contributed by atoms with Gasteiger partial charge < -0.3 is 24.4 Å². The van der Waals surface area contributed by atoms with Crippen LogP contribution in [0.4, 0.5) is 0 Å². The van der Waals surface area contributed by atoms with Gasteiger partial charge in [0.25, 0.3) is 5.91 Å². The summed E-state index contributed by atoms with van der Waals surface area (Å²) in [4.78, 5) is 38.2. The third-order valence-corrected chi connectivity index (χ3v) is 4.39. The third-order valence-electron chi connectivity index (χ3n) is 4.39. The van der Waals surface area contributed by atoms with E-state index in [9.17, 15) is 14.4 Å². The van der Waals surface area contributed by atoms with Gasteiger partial charge in [-0.3, -0.25) is 14.4 Å². The molecule has 1 atom stereocenters. The summed E-state index contributed by atoms with van der Waals surface area (Å²) >= 11 is 0. The first-order chi connectivity index (χ1) is 13.4. The molecule has 154 valence electrons. The van der Waals surface area contributed by atoms with Crippen LogP contribution >= 0.6 is 0 Å². The van der Waals surface area contributed by atoms with Crippen molar-refractivity contribution >= 4 is 17.8 Å². The molecular weight excluding hydrogens is 364 g/mol. The maximum absolute atomic E-state index is 12.6. The lowest BCUT2D eigenvalue weighted by atomic mass is 10.1. The van der Waals surface area contributed by atoms with Crippen LogP contribution in [0.5, 0.6) is 11.5 Å². The standard InChI is InChI=1S/C20H28N2O6/c1-14(2)8-11-27-19(24)12-17-20(25)21-9-10-22(17)18(23)13-28-16-6-4-15(26-3)5-7-16/h4-7,14,17H,8-13H2,1-3H3,(H,21,25). The van der Waals surface area contributed by atoms with Crippen molar-refractivity contribution < 1.29 is 28.6 Å². The van der Waals surface area contributed by atoms with Gasteiger partial charge in [0.1, 0.15) is 17.5 Å². The summed E-state index contributed by atoms with van der Waals surface area (Å²) in [7, 11) is 1.56. The number of hydrogen-bond acceptors (Lipinski definition) is 6. The average Bonchev–Trinajstić information content (AvgIpc) is 2.67. The summed E-state index contributed by atoms with van der Waals surface area (Å²) in [6.07, 6.45) is 0.582. The fourth-order valence-electron chi connectivity index (χ4n) is 2.74. The van der Waals surface area contributed by atoms with Gasteiger partial charge >= 0.3 is 5.97 Å². The van der Waals surface area contributed by atoms with Crippen LogP contribution in [0, 0.1) is 5.92 Å². The highest BCUT2D eigenvalue weighted by atomic mass is 16.5. The SMILES string of the molecule is COc1ccc(OCC(=O)N2CCNC(=O)C2CC(=O)OCCC(C)C)cc1. The minimum Gasteiger partial charge on any atom is -0.497 e. The maximum atomic E-state index is 12.6. The van der Waals surface area contributed by atoms with Crippen molar-refractivity contribution in [2.45, 2.75) is 32.7 Å². The number of carbonyl (C=O) groups excluding carboxylic acids is 3. The van der Waals surface area contributed by atoms with E-state index in [4.69, 9.17) is 14.2 Å². The van der Waals surface area contributed by atoms with E-state index in [1.807, 2.05) is 13.8 Å². The third kappa shape index (κ3) is 6.44. The number of hydrogen-bond donors (Lipinski definition) is 1. The van der Waals surface area contributed by atoms with E-state index < -0.39 is 12.0 Å². The Balaban J connectivity index is 1.90. The van der Waals surface area contributed by atoms with Crippen LogP contribution in [0.25, 0.3) is 0 Å².